The summed E-state index contributed by atoms with van der Waals surface area (Å²) in [4.78, 5) is 30.7. The third kappa shape index (κ3) is 5.93. The van der Waals surface area contributed by atoms with Gasteiger partial charge >= 0.3 is 11.8 Å². The number of thiophene rings is 1. The SMILES string of the molecule is COc1cc2c(cc1Br)CN(C(=O)C(=O)N(CCCC#Cc1cccs1)C(C)(C)C)CC2. The fraction of sp³-hybridized carbons (Fsp3) is 0.440. The summed E-state index contributed by atoms with van der Waals surface area (Å²) in [5, 5.41) is 2.00. The highest BCUT2D eigenvalue weighted by atomic mass is 79.9. The molecule has 0 fully saturated rings. The van der Waals surface area contributed by atoms with E-state index in [2.05, 4.69) is 27.8 Å². The molecular weight excluding hydrogens is 488 g/mol. The number of fused-ring (bicyclic) bond motifs is 1. The first-order valence-electron chi connectivity index (χ1n) is 10.7. The zero-order chi connectivity index (χ0) is 23.3. The van der Waals surface area contributed by atoms with Crippen molar-refractivity contribution in [3.05, 3.63) is 50.1 Å². The number of methoxy groups -OCH3 is 1. The lowest BCUT2D eigenvalue weighted by atomic mass is 9.99. The van der Waals surface area contributed by atoms with Crippen LogP contribution in [0.2, 0.25) is 0 Å². The molecule has 2 heterocycles. The highest BCUT2D eigenvalue weighted by Gasteiger charge is 2.34. The van der Waals surface area contributed by atoms with Crippen molar-refractivity contribution in [3.8, 4) is 17.6 Å². The minimum atomic E-state index is -0.446. The molecule has 3 rings (SSSR count). The zero-order valence-electron chi connectivity index (χ0n) is 19.0. The average molecular weight is 517 g/mol. The maximum Gasteiger partial charge on any atom is 0.312 e. The number of benzene rings is 1. The summed E-state index contributed by atoms with van der Waals surface area (Å²) in [5.41, 5.74) is 1.74. The van der Waals surface area contributed by atoms with E-state index >= 15 is 0 Å². The van der Waals surface area contributed by atoms with Crippen molar-refractivity contribution in [2.75, 3.05) is 20.2 Å². The first-order chi connectivity index (χ1) is 15.2. The lowest BCUT2D eigenvalue weighted by molar-refractivity contribution is -0.155. The molecule has 1 aliphatic heterocycles. The zero-order valence-corrected chi connectivity index (χ0v) is 21.4. The summed E-state index contributed by atoms with van der Waals surface area (Å²) in [5.74, 6) is 6.20. The van der Waals surface area contributed by atoms with E-state index in [9.17, 15) is 9.59 Å². The normalized spacial score (nSPS) is 13.1. The molecule has 32 heavy (non-hydrogen) atoms. The molecule has 170 valence electrons. The molecule has 0 unspecified atom stereocenters. The van der Waals surface area contributed by atoms with Gasteiger partial charge in [-0.25, -0.2) is 0 Å². The van der Waals surface area contributed by atoms with Gasteiger partial charge < -0.3 is 14.5 Å². The summed E-state index contributed by atoms with van der Waals surface area (Å²) < 4.78 is 6.22. The third-order valence-corrected chi connectivity index (χ3v) is 6.83. The van der Waals surface area contributed by atoms with Crippen LogP contribution in [0.3, 0.4) is 0 Å². The van der Waals surface area contributed by atoms with Crippen molar-refractivity contribution in [1.29, 1.82) is 0 Å². The van der Waals surface area contributed by atoms with Gasteiger partial charge in [0.25, 0.3) is 0 Å². The smallest absolute Gasteiger partial charge is 0.312 e. The van der Waals surface area contributed by atoms with Crippen LogP contribution in [0.5, 0.6) is 5.75 Å². The van der Waals surface area contributed by atoms with Crippen molar-refractivity contribution < 1.29 is 14.3 Å². The number of hydrogen-bond donors (Lipinski definition) is 0. The van der Waals surface area contributed by atoms with Gasteiger partial charge in [0.05, 0.1) is 16.5 Å². The molecule has 0 N–H and O–H groups in total. The molecule has 0 bridgehead atoms. The van der Waals surface area contributed by atoms with E-state index in [0.717, 1.165) is 32.6 Å². The number of carbonyl (C=O) groups is 2. The van der Waals surface area contributed by atoms with Gasteiger partial charge in [0.2, 0.25) is 0 Å². The van der Waals surface area contributed by atoms with Crippen LogP contribution in [0.15, 0.2) is 34.1 Å². The van der Waals surface area contributed by atoms with Gasteiger partial charge in [-0.3, -0.25) is 9.59 Å². The summed E-state index contributed by atoms with van der Waals surface area (Å²) >= 11 is 5.13. The van der Waals surface area contributed by atoms with E-state index in [-0.39, 0.29) is 0 Å². The van der Waals surface area contributed by atoms with Crippen LogP contribution in [-0.2, 0) is 22.6 Å². The molecule has 0 saturated heterocycles. The Balaban J connectivity index is 1.64. The number of carbonyl (C=O) groups excluding carboxylic acids is 2. The van der Waals surface area contributed by atoms with Gasteiger partial charge in [0.1, 0.15) is 5.75 Å². The number of halogens is 1. The van der Waals surface area contributed by atoms with E-state index in [1.54, 1.807) is 28.2 Å². The number of hydrogen-bond acceptors (Lipinski definition) is 4. The van der Waals surface area contributed by atoms with Gasteiger partial charge in [-0.05, 0) is 84.2 Å². The van der Waals surface area contributed by atoms with Crippen LogP contribution in [-0.4, -0.2) is 47.4 Å². The maximum atomic E-state index is 13.2. The Labute approximate surface area is 202 Å². The van der Waals surface area contributed by atoms with Crippen molar-refractivity contribution in [2.45, 2.75) is 52.1 Å². The molecule has 1 aliphatic rings. The number of rotatable bonds is 4. The highest BCUT2D eigenvalue weighted by molar-refractivity contribution is 9.10. The number of amides is 2. The fourth-order valence-corrected chi connectivity index (χ4v) is 4.85. The molecule has 0 atom stereocenters. The first kappa shape index (κ1) is 24.3. The third-order valence-electron chi connectivity index (χ3n) is 5.43. The molecule has 0 spiro atoms. The second-order valence-electron chi connectivity index (χ2n) is 8.74. The van der Waals surface area contributed by atoms with Crippen molar-refractivity contribution in [1.82, 2.24) is 9.80 Å². The minimum absolute atomic E-state index is 0.423. The molecule has 2 amide bonds. The molecule has 1 aromatic heterocycles. The lowest BCUT2D eigenvalue weighted by Gasteiger charge is -2.37. The number of ether oxygens (including phenoxy) is 1. The summed E-state index contributed by atoms with van der Waals surface area (Å²) in [6, 6.07) is 7.95. The molecule has 5 nitrogen and oxygen atoms in total. The van der Waals surface area contributed by atoms with Crippen LogP contribution in [0.4, 0.5) is 0 Å². The fourth-order valence-electron chi connectivity index (χ4n) is 3.70. The van der Waals surface area contributed by atoms with E-state index in [4.69, 9.17) is 4.74 Å². The first-order valence-corrected chi connectivity index (χ1v) is 12.4. The molecule has 0 aliphatic carbocycles. The predicted octanol–water partition coefficient (Wildman–Crippen LogP) is 4.86. The lowest BCUT2D eigenvalue weighted by Crippen LogP contribution is -2.53. The van der Waals surface area contributed by atoms with Gasteiger partial charge in [0.15, 0.2) is 0 Å². The van der Waals surface area contributed by atoms with Crippen molar-refractivity contribution >= 4 is 39.1 Å². The van der Waals surface area contributed by atoms with Crippen molar-refractivity contribution in [3.63, 3.8) is 0 Å². The maximum absolute atomic E-state index is 13.2. The van der Waals surface area contributed by atoms with Crippen LogP contribution >= 0.6 is 27.3 Å². The molecule has 2 aromatic rings. The standard InChI is InChI=1S/C25H29BrN2O3S/c1-25(2,3)28(12-7-5-6-9-20-10-8-14-32-20)24(30)23(29)27-13-11-18-16-22(31-4)21(26)15-19(18)17-27/h8,10,14-16H,5,7,11-13,17H2,1-4H3. The molecule has 1 aromatic carbocycles. The Kier molecular flexibility index (Phi) is 8.02. The van der Waals surface area contributed by atoms with E-state index in [1.165, 1.54) is 0 Å². The largest absolute Gasteiger partial charge is 0.496 e. The Bertz CT molecular complexity index is 1030. The monoisotopic (exact) mass is 516 g/mol. The predicted molar refractivity (Wildman–Crippen MR) is 132 cm³/mol. The Hall–Kier alpha value is -2.30. The van der Waals surface area contributed by atoms with Crippen LogP contribution < -0.4 is 4.74 Å². The number of unbranched alkanes of at least 4 members (excludes halogenated alkanes) is 1. The molecule has 7 heteroatoms. The summed E-state index contributed by atoms with van der Waals surface area (Å²) in [6.07, 6.45) is 2.11. The molecular formula is C25H29BrN2O3S. The summed E-state index contributed by atoms with van der Waals surface area (Å²) in [7, 11) is 1.64. The van der Waals surface area contributed by atoms with Gasteiger partial charge in [-0.1, -0.05) is 17.9 Å². The number of nitrogens with zero attached hydrogens (tertiary/aromatic N) is 2. The van der Waals surface area contributed by atoms with Gasteiger partial charge in [-0.15, -0.1) is 11.3 Å². The van der Waals surface area contributed by atoms with Crippen LogP contribution in [0, 0.1) is 11.8 Å². The quantitative estimate of drug-likeness (QED) is 0.331. The van der Waals surface area contributed by atoms with E-state index in [1.807, 2.05) is 50.4 Å². The highest BCUT2D eigenvalue weighted by Crippen LogP contribution is 2.31. The Morgan fingerprint density at radius 3 is 2.72 bits per heavy atom. The molecule has 0 saturated carbocycles. The second kappa shape index (κ2) is 10.5. The van der Waals surface area contributed by atoms with Crippen LogP contribution in [0.1, 0.15) is 49.6 Å². The minimum Gasteiger partial charge on any atom is -0.496 e. The average Bonchev–Trinajstić information content (AvgIpc) is 3.27. The van der Waals surface area contributed by atoms with Gasteiger partial charge in [-0.2, -0.15) is 0 Å². The molecule has 0 radical (unpaired) electrons. The topological polar surface area (TPSA) is 49.9 Å². The summed E-state index contributed by atoms with van der Waals surface area (Å²) in [6.45, 7) is 7.33. The van der Waals surface area contributed by atoms with Crippen LogP contribution in [0.25, 0.3) is 0 Å². The second-order valence-corrected chi connectivity index (χ2v) is 10.5. The van der Waals surface area contributed by atoms with Crippen molar-refractivity contribution in [2.24, 2.45) is 0 Å². The Morgan fingerprint density at radius 2 is 2.06 bits per heavy atom. The van der Waals surface area contributed by atoms with E-state index in [0.29, 0.717) is 32.5 Å². The van der Waals surface area contributed by atoms with E-state index < -0.39 is 17.4 Å². The van der Waals surface area contributed by atoms with Gasteiger partial charge in [0, 0.05) is 31.6 Å². The Morgan fingerprint density at radius 1 is 1.28 bits per heavy atom.